The second kappa shape index (κ2) is 6.95. The highest BCUT2D eigenvalue weighted by molar-refractivity contribution is 9.10. The Kier molecular flexibility index (Phi) is 5.25. The van der Waals surface area contributed by atoms with E-state index < -0.39 is 5.97 Å². The van der Waals surface area contributed by atoms with Crippen molar-refractivity contribution in [2.45, 2.75) is 31.7 Å². The molecule has 0 bridgehead atoms. The lowest BCUT2D eigenvalue weighted by Gasteiger charge is -2.14. The molecule has 0 saturated carbocycles. The second-order valence-electron chi connectivity index (χ2n) is 4.85. The van der Waals surface area contributed by atoms with Crippen LogP contribution in [0, 0.1) is 0 Å². The Bertz CT molecular complexity index is 492. The number of aliphatic carboxylic acids is 1. The summed E-state index contributed by atoms with van der Waals surface area (Å²) in [6, 6.07) is 3.70. The van der Waals surface area contributed by atoms with Crippen molar-refractivity contribution in [3.8, 4) is 11.5 Å². The molecule has 1 atom stereocenters. The lowest BCUT2D eigenvalue weighted by atomic mass is 10.0. The van der Waals surface area contributed by atoms with E-state index in [4.69, 9.17) is 20.3 Å². The molecule has 1 aliphatic rings. The summed E-state index contributed by atoms with van der Waals surface area (Å²) in [6.07, 6.45) is 2.02. The molecule has 5 nitrogen and oxygen atoms in total. The Labute approximate surface area is 126 Å². The molecule has 0 saturated heterocycles. The lowest BCUT2D eigenvalue weighted by molar-refractivity contribution is -0.137. The molecule has 0 spiro atoms. The van der Waals surface area contributed by atoms with Crippen LogP contribution in [0.5, 0.6) is 11.5 Å². The smallest absolute Gasteiger partial charge is 0.303 e. The van der Waals surface area contributed by atoms with Gasteiger partial charge in [0.1, 0.15) is 0 Å². The van der Waals surface area contributed by atoms with E-state index in [0.717, 1.165) is 28.0 Å². The number of benzene rings is 1. The molecule has 0 aliphatic carbocycles. The maximum atomic E-state index is 10.5. The summed E-state index contributed by atoms with van der Waals surface area (Å²) < 4.78 is 12.1. The van der Waals surface area contributed by atoms with E-state index in [2.05, 4.69) is 15.9 Å². The molecule has 0 aromatic heterocycles. The molecule has 1 heterocycles. The molecule has 1 aromatic rings. The highest BCUT2D eigenvalue weighted by Gasteiger charge is 2.16. The van der Waals surface area contributed by atoms with Crippen LogP contribution in [0.15, 0.2) is 16.6 Å². The van der Waals surface area contributed by atoms with Crippen LogP contribution in [-0.4, -0.2) is 30.3 Å². The largest absolute Gasteiger partial charge is 0.490 e. The van der Waals surface area contributed by atoms with Crippen molar-refractivity contribution in [2.75, 3.05) is 13.2 Å². The first-order chi connectivity index (χ1) is 9.56. The summed E-state index contributed by atoms with van der Waals surface area (Å²) in [5.74, 6) is 0.628. The van der Waals surface area contributed by atoms with Gasteiger partial charge in [-0.15, -0.1) is 0 Å². The first-order valence-corrected chi connectivity index (χ1v) is 7.41. The van der Waals surface area contributed by atoms with Crippen molar-refractivity contribution in [3.63, 3.8) is 0 Å². The number of carbonyl (C=O) groups is 1. The molecular formula is C14H18BrNO4. The highest BCUT2D eigenvalue weighted by atomic mass is 79.9. The third-order valence-electron chi connectivity index (χ3n) is 3.09. The average molecular weight is 344 g/mol. The van der Waals surface area contributed by atoms with Crippen molar-refractivity contribution >= 4 is 21.9 Å². The van der Waals surface area contributed by atoms with E-state index in [-0.39, 0.29) is 12.5 Å². The summed E-state index contributed by atoms with van der Waals surface area (Å²) in [5, 5.41) is 8.66. The van der Waals surface area contributed by atoms with Crippen LogP contribution in [0.2, 0.25) is 0 Å². The van der Waals surface area contributed by atoms with Gasteiger partial charge in [-0.25, -0.2) is 0 Å². The lowest BCUT2D eigenvalue weighted by Crippen LogP contribution is -2.23. The van der Waals surface area contributed by atoms with Crippen molar-refractivity contribution in [3.05, 3.63) is 22.2 Å². The first-order valence-electron chi connectivity index (χ1n) is 6.61. The Morgan fingerprint density at radius 3 is 2.90 bits per heavy atom. The minimum absolute atomic E-state index is 0.0902. The number of ether oxygens (including phenoxy) is 2. The van der Waals surface area contributed by atoms with Gasteiger partial charge in [-0.2, -0.15) is 0 Å². The monoisotopic (exact) mass is 343 g/mol. The molecule has 1 aromatic carbocycles. The molecule has 1 aliphatic heterocycles. The topological polar surface area (TPSA) is 81.8 Å². The van der Waals surface area contributed by atoms with Gasteiger partial charge in [0.05, 0.1) is 17.7 Å². The van der Waals surface area contributed by atoms with Gasteiger partial charge < -0.3 is 20.3 Å². The summed E-state index contributed by atoms with van der Waals surface area (Å²) in [6.45, 7) is 1.27. The summed E-state index contributed by atoms with van der Waals surface area (Å²) >= 11 is 3.48. The molecule has 1 unspecified atom stereocenters. The Hall–Kier alpha value is -1.27. The van der Waals surface area contributed by atoms with Crippen molar-refractivity contribution in [1.82, 2.24) is 0 Å². The number of carboxylic acids is 1. The van der Waals surface area contributed by atoms with Crippen LogP contribution < -0.4 is 15.2 Å². The predicted octanol–water partition coefficient (Wildman–Crippen LogP) is 2.35. The van der Waals surface area contributed by atoms with Gasteiger partial charge in [0.25, 0.3) is 0 Å². The summed E-state index contributed by atoms with van der Waals surface area (Å²) in [7, 11) is 0. The number of nitrogens with two attached hydrogens (primary N) is 1. The average Bonchev–Trinajstić information content (AvgIpc) is 2.62. The zero-order valence-corrected chi connectivity index (χ0v) is 12.7. The van der Waals surface area contributed by atoms with Gasteiger partial charge in [-0.1, -0.05) is 0 Å². The van der Waals surface area contributed by atoms with Crippen LogP contribution in [-0.2, 0) is 11.2 Å². The maximum absolute atomic E-state index is 10.5. The molecule has 3 N–H and O–H groups in total. The maximum Gasteiger partial charge on any atom is 0.303 e. The minimum Gasteiger partial charge on any atom is -0.490 e. The third kappa shape index (κ3) is 4.11. The zero-order chi connectivity index (χ0) is 14.5. The van der Waals surface area contributed by atoms with Crippen LogP contribution in [0.1, 0.15) is 24.8 Å². The van der Waals surface area contributed by atoms with E-state index in [1.165, 1.54) is 0 Å². The van der Waals surface area contributed by atoms with Crippen molar-refractivity contribution in [1.29, 1.82) is 0 Å². The number of carboxylic acid groups (broad SMARTS) is 1. The highest BCUT2D eigenvalue weighted by Crippen LogP contribution is 2.38. The van der Waals surface area contributed by atoms with E-state index in [0.29, 0.717) is 26.1 Å². The number of fused-ring (bicyclic) bond motifs is 1. The van der Waals surface area contributed by atoms with E-state index >= 15 is 0 Å². The van der Waals surface area contributed by atoms with Crippen LogP contribution in [0.3, 0.4) is 0 Å². The summed E-state index contributed by atoms with van der Waals surface area (Å²) in [4.78, 5) is 10.5. The Balaban J connectivity index is 2.07. The predicted molar refractivity (Wildman–Crippen MR) is 78.3 cm³/mol. The third-order valence-corrected chi connectivity index (χ3v) is 3.68. The summed E-state index contributed by atoms with van der Waals surface area (Å²) in [5.41, 5.74) is 6.97. The molecule has 0 radical (unpaired) electrons. The van der Waals surface area contributed by atoms with Gasteiger partial charge >= 0.3 is 5.97 Å². The standard InChI is InChI=1S/C14H18BrNO4/c15-11-7-9(6-10(16)2-3-13(17)18)8-12-14(11)20-5-1-4-19-12/h7-8,10H,1-6,16H2,(H,17,18). The van der Waals surface area contributed by atoms with Gasteiger partial charge in [-0.05, 0) is 46.5 Å². The van der Waals surface area contributed by atoms with Gasteiger partial charge in [0.2, 0.25) is 0 Å². The molecule has 0 amide bonds. The number of rotatable bonds is 5. The van der Waals surface area contributed by atoms with E-state index in [9.17, 15) is 4.79 Å². The van der Waals surface area contributed by atoms with Crippen LogP contribution in [0.4, 0.5) is 0 Å². The van der Waals surface area contributed by atoms with E-state index in [1.54, 1.807) is 0 Å². The fourth-order valence-electron chi connectivity index (χ4n) is 2.12. The van der Waals surface area contributed by atoms with Gasteiger partial charge in [-0.3, -0.25) is 4.79 Å². The quantitative estimate of drug-likeness (QED) is 0.857. The first kappa shape index (κ1) is 15.1. The fourth-order valence-corrected chi connectivity index (χ4v) is 2.72. The molecule has 110 valence electrons. The second-order valence-corrected chi connectivity index (χ2v) is 5.71. The SMILES string of the molecule is NC(CCC(=O)O)Cc1cc(Br)c2c(c1)OCCCO2. The normalized spacial score (nSPS) is 15.5. The fraction of sp³-hybridized carbons (Fsp3) is 0.500. The minimum atomic E-state index is -0.819. The van der Waals surface area contributed by atoms with Crippen LogP contribution >= 0.6 is 15.9 Å². The van der Waals surface area contributed by atoms with E-state index in [1.807, 2.05) is 12.1 Å². The molecule has 20 heavy (non-hydrogen) atoms. The zero-order valence-electron chi connectivity index (χ0n) is 11.1. The molecule has 2 rings (SSSR count). The number of halogens is 1. The molecule has 0 fully saturated rings. The molecule has 6 heteroatoms. The molecular weight excluding hydrogens is 326 g/mol. The van der Waals surface area contributed by atoms with Gasteiger partial charge in [0.15, 0.2) is 11.5 Å². The number of hydrogen-bond donors (Lipinski definition) is 2. The van der Waals surface area contributed by atoms with Crippen LogP contribution in [0.25, 0.3) is 0 Å². The van der Waals surface area contributed by atoms with Crippen molar-refractivity contribution < 1.29 is 19.4 Å². The van der Waals surface area contributed by atoms with Gasteiger partial charge in [0, 0.05) is 18.9 Å². The Morgan fingerprint density at radius 1 is 1.40 bits per heavy atom. The Morgan fingerprint density at radius 2 is 2.15 bits per heavy atom. The number of hydrogen-bond acceptors (Lipinski definition) is 4. The van der Waals surface area contributed by atoms with Crippen molar-refractivity contribution in [2.24, 2.45) is 5.73 Å².